The van der Waals surface area contributed by atoms with Crippen LogP contribution in [0.2, 0.25) is 0 Å². The predicted octanol–water partition coefficient (Wildman–Crippen LogP) is 2.87. The van der Waals surface area contributed by atoms with E-state index in [0.29, 0.717) is 6.04 Å². The Hall–Kier alpha value is -0.0800. The van der Waals surface area contributed by atoms with Gasteiger partial charge in [-0.3, -0.25) is 0 Å². The molecule has 3 atom stereocenters. The summed E-state index contributed by atoms with van der Waals surface area (Å²) < 4.78 is 0. The van der Waals surface area contributed by atoms with Crippen LogP contribution in [0.4, 0.5) is 0 Å². The maximum Gasteiger partial charge on any atom is 0.0138 e. The first-order chi connectivity index (χ1) is 7.60. The van der Waals surface area contributed by atoms with Gasteiger partial charge in [-0.1, -0.05) is 26.2 Å². The van der Waals surface area contributed by atoms with E-state index in [-0.39, 0.29) is 0 Å². The summed E-state index contributed by atoms with van der Waals surface area (Å²) in [7, 11) is 2.27. The van der Waals surface area contributed by atoms with Crippen LogP contribution in [0.25, 0.3) is 0 Å². The molecule has 0 amide bonds. The molecule has 0 saturated heterocycles. The van der Waals surface area contributed by atoms with Gasteiger partial charge in [0.25, 0.3) is 0 Å². The minimum absolute atomic E-state index is 0.638. The Balaban J connectivity index is 2.59. The minimum Gasteiger partial charge on any atom is -0.330 e. The standard InChI is InChI=1S/C14H30N2/c1-5-6-12-7-8-13(10-15)14(9-12)16(4)11(2)3/h11-14H,5-10,15H2,1-4H3. The molecule has 1 aliphatic rings. The number of hydrogen-bond acceptors (Lipinski definition) is 2. The summed E-state index contributed by atoms with van der Waals surface area (Å²) in [5.74, 6) is 1.67. The number of nitrogens with two attached hydrogens (primary N) is 1. The van der Waals surface area contributed by atoms with E-state index < -0.39 is 0 Å². The summed E-state index contributed by atoms with van der Waals surface area (Å²) in [6.45, 7) is 7.74. The average molecular weight is 226 g/mol. The van der Waals surface area contributed by atoms with Crippen LogP contribution in [0.5, 0.6) is 0 Å². The van der Waals surface area contributed by atoms with Crippen molar-refractivity contribution in [3.05, 3.63) is 0 Å². The predicted molar refractivity (Wildman–Crippen MR) is 71.5 cm³/mol. The number of hydrogen-bond donors (Lipinski definition) is 1. The molecule has 0 aliphatic heterocycles. The van der Waals surface area contributed by atoms with Gasteiger partial charge in [0.05, 0.1) is 0 Å². The van der Waals surface area contributed by atoms with Crippen molar-refractivity contribution >= 4 is 0 Å². The van der Waals surface area contributed by atoms with Crippen LogP contribution < -0.4 is 5.73 Å². The van der Waals surface area contributed by atoms with Gasteiger partial charge in [-0.25, -0.2) is 0 Å². The molecule has 1 rings (SSSR count). The zero-order valence-corrected chi connectivity index (χ0v) is 11.6. The van der Waals surface area contributed by atoms with Gasteiger partial charge in [-0.15, -0.1) is 0 Å². The van der Waals surface area contributed by atoms with Crippen LogP contribution in [0, 0.1) is 11.8 Å². The van der Waals surface area contributed by atoms with Gasteiger partial charge in [-0.2, -0.15) is 0 Å². The fourth-order valence-electron chi connectivity index (χ4n) is 3.12. The van der Waals surface area contributed by atoms with E-state index in [1.54, 1.807) is 0 Å². The number of nitrogens with zero attached hydrogens (tertiary/aromatic N) is 1. The molecule has 1 saturated carbocycles. The van der Waals surface area contributed by atoms with Crippen LogP contribution in [0.15, 0.2) is 0 Å². The molecule has 0 radical (unpaired) electrons. The average Bonchev–Trinajstić information content (AvgIpc) is 2.28. The molecule has 2 heteroatoms. The summed E-state index contributed by atoms with van der Waals surface area (Å²) >= 11 is 0. The molecule has 0 spiro atoms. The van der Waals surface area contributed by atoms with Crippen LogP contribution >= 0.6 is 0 Å². The third-order valence-electron chi connectivity index (χ3n) is 4.40. The Morgan fingerprint density at radius 1 is 1.31 bits per heavy atom. The van der Waals surface area contributed by atoms with E-state index in [1.165, 1.54) is 32.1 Å². The monoisotopic (exact) mass is 226 g/mol. The van der Waals surface area contributed by atoms with Crippen molar-refractivity contribution in [1.82, 2.24) is 4.90 Å². The van der Waals surface area contributed by atoms with E-state index in [4.69, 9.17) is 5.73 Å². The van der Waals surface area contributed by atoms with Gasteiger partial charge < -0.3 is 10.6 Å². The van der Waals surface area contributed by atoms with Crippen LogP contribution in [-0.4, -0.2) is 30.6 Å². The fraction of sp³-hybridized carbons (Fsp3) is 1.00. The van der Waals surface area contributed by atoms with Crippen molar-refractivity contribution in [1.29, 1.82) is 0 Å². The van der Waals surface area contributed by atoms with E-state index in [0.717, 1.165) is 24.4 Å². The van der Waals surface area contributed by atoms with Crippen molar-refractivity contribution in [2.75, 3.05) is 13.6 Å². The highest BCUT2D eigenvalue weighted by Gasteiger charge is 2.32. The van der Waals surface area contributed by atoms with Crippen LogP contribution in [-0.2, 0) is 0 Å². The van der Waals surface area contributed by atoms with Crippen LogP contribution in [0.1, 0.15) is 52.9 Å². The van der Waals surface area contributed by atoms with Gasteiger partial charge in [0.15, 0.2) is 0 Å². The van der Waals surface area contributed by atoms with Crippen molar-refractivity contribution in [3.8, 4) is 0 Å². The SMILES string of the molecule is CCCC1CCC(CN)C(N(C)C(C)C)C1. The molecule has 0 heterocycles. The maximum atomic E-state index is 5.92. The highest BCUT2D eigenvalue weighted by atomic mass is 15.2. The zero-order chi connectivity index (χ0) is 12.1. The first-order valence-electron chi connectivity index (χ1n) is 7.02. The molecule has 1 aliphatic carbocycles. The molecule has 0 bridgehead atoms. The summed E-state index contributed by atoms with van der Waals surface area (Å²) in [6, 6.07) is 1.36. The Kier molecular flexibility index (Phi) is 5.77. The zero-order valence-electron chi connectivity index (χ0n) is 11.6. The molecule has 0 aromatic carbocycles. The molecule has 1 fully saturated rings. The molecule has 96 valence electrons. The second-order valence-corrected chi connectivity index (χ2v) is 5.79. The lowest BCUT2D eigenvalue weighted by molar-refractivity contribution is 0.0780. The van der Waals surface area contributed by atoms with E-state index in [9.17, 15) is 0 Å². The molecular formula is C14H30N2. The van der Waals surface area contributed by atoms with E-state index in [1.807, 2.05) is 0 Å². The smallest absolute Gasteiger partial charge is 0.0138 e. The second-order valence-electron chi connectivity index (χ2n) is 5.79. The largest absolute Gasteiger partial charge is 0.330 e. The summed E-state index contributed by atoms with van der Waals surface area (Å²) in [5, 5.41) is 0. The Bertz CT molecular complexity index is 189. The topological polar surface area (TPSA) is 29.3 Å². The van der Waals surface area contributed by atoms with Crippen molar-refractivity contribution in [2.24, 2.45) is 17.6 Å². The lowest BCUT2D eigenvalue weighted by Crippen LogP contribution is -2.47. The molecule has 16 heavy (non-hydrogen) atoms. The van der Waals surface area contributed by atoms with Gasteiger partial charge >= 0.3 is 0 Å². The molecule has 0 aromatic heterocycles. The highest BCUT2D eigenvalue weighted by molar-refractivity contribution is 4.87. The fourth-order valence-corrected chi connectivity index (χ4v) is 3.12. The molecule has 3 unspecified atom stereocenters. The Morgan fingerprint density at radius 3 is 2.50 bits per heavy atom. The Labute approximate surface area is 102 Å². The van der Waals surface area contributed by atoms with Gasteiger partial charge in [0, 0.05) is 12.1 Å². The summed E-state index contributed by atoms with van der Waals surface area (Å²) in [4.78, 5) is 2.54. The minimum atomic E-state index is 0.638. The first-order valence-corrected chi connectivity index (χ1v) is 7.02. The number of rotatable bonds is 5. The summed E-state index contributed by atoms with van der Waals surface area (Å²) in [5.41, 5.74) is 5.92. The molecule has 2 nitrogen and oxygen atoms in total. The third kappa shape index (κ3) is 3.46. The highest BCUT2D eigenvalue weighted by Crippen LogP contribution is 2.34. The second kappa shape index (κ2) is 6.61. The van der Waals surface area contributed by atoms with Crippen LogP contribution in [0.3, 0.4) is 0 Å². The lowest BCUT2D eigenvalue weighted by atomic mass is 9.76. The van der Waals surface area contributed by atoms with Gasteiger partial charge in [0.2, 0.25) is 0 Å². The van der Waals surface area contributed by atoms with Gasteiger partial charge in [0.1, 0.15) is 0 Å². The van der Waals surface area contributed by atoms with Crippen molar-refractivity contribution in [2.45, 2.75) is 65.0 Å². The normalized spacial score (nSPS) is 31.3. The maximum absolute atomic E-state index is 5.92. The van der Waals surface area contributed by atoms with Crippen molar-refractivity contribution in [3.63, 3.8) is 0 Å². The molecular weight excluding hydrogens is 196 g/mol. The van der Waals surface area contributed by atoms with Gasteiger partial charge in [-0.05, 0) is 52.1 Å². The molecule has 2 N–H and O–H groups in total. The van der Waals surface area contributed by atoms with E-state index in [2.05, 4.69) is 32.7 Å². The summed E-state index contributed by atoms with van der Waals surface area (Å²) in [6.07, 6.45) is 6.83. The first kappa shape index (κ1) is 14.0. The quantitative estimate of drug-likeness (QED) is 0.781. The lowest BCUT2D eigenvalue weighted by Gasteiger charge is -2.42. The Morgan fingerprint density at radius 2 is 2.00 bits per heavy atom. The molecule has 0 aromatic rings. The third-order valence-corrected chi connectivity index (χ3v) is 4.40. The van der Waals surface area contributed by atoms with Crippen molar-refractivity contribution < 1.29 is 0 Å². The van der Waals surface area contributed by atoms with E-state index >= 15 is 0 Å².